The van der Waals surface area contributed by atoms with Crippen LogP contribution in [0.15, 0.2) is 12.2 Å². The van der Waals surface area contributed by atoms with Gasteiger partial charge in [0.25, 0.3) is 0 Å². The number of aldehydes is 1. The van der Waals surface area contributed by atoms with Gasteiger partial charge in [0.1, 0.15) is 6.29 Å². The molecule has 0 radical (unpaired) electrons. The predicted octanol–water partition coefficient (Wildman–Crippen LogP) is 0.332. The zero-order valence-electron chi connectivity index (χ0n) is 16.4. The number of carbonyl (C=O) groups is 1. The molecule has 0 unspecified atom stereocenters. The molecule has 0 aliphatic heterocycles. The zero-order valence-corrected chi connectivity index (χ0v) is 26.9. The second-order valence-electron chi connectivity index (χ2n) is 4.06. The Labute approximate surface area is 232 Å². The summed E-state index contributed by atoms with van der Waals surface area (Å²) in [4.78, 5) is 8.81. The molecule has 0 saturated carbocycles. The fourth-order valence-electron chi connectivity index (χ4n) is 0.0113. The minimum absolute atomic E-state index is 0. The summed E-state index contributed by atoms with van der Waals surface area (Å²) in [6, 6.07) is 0. The number of carbonyl (C=O) groups excluding carboxylic acids is 1. The quantitative estimate of drug-likeness (QED) is 0.249. The fourth-order valence-corrected chi connectivity index (χ4v) is 2.76. The summed E-state index contributed by atoms with van der Waals surface area (Å²) < 4.78 is 0. The molecular formula is C13H29KO2S9. The van der Waals surface area contributed by atoms with E-state index in [9.17, 15) is 5.11 Å². The number of rotatable bonds is 0. The van der Waals surface area contributed by atoms with Crippen molar-refractivity contribution in [2.75, 3.05) is 0 Å². The van der Waals surface area contributed by atoms with Crippen LogP contribution in [-0.2, 0) is 93.9 Å². The molecule has 0 atom stereocenters. The van der Waals surface area contributed by atoms with Gasteiger partial charge in [-0.25, -0.2) is 0 Å². The van der Waals surface area contributed by atoms with Gasteiger partial charge in [0, 0.05) is 89.2 Å². The smallest absolute Gasteiger partial charge is 0.850 e. The van der Waals surface area contributed by atoms with E-state index in [2.05, 4.69) is 58.6 Å². The number of hydrogen-bond acceptors (Lipinski definition) is 6. The molecule has 0 fully saturated rings. The molecule has 0 spiro atoms. The van der Waals surface area contributed by atoms with Crippen molar-refractivity contribution in [1.29, 1.82) is 0 Å². The molecule has 148 valence electrons. The maximum Gasteiger partial charge on any atom is 1.00 e. The zero-order chi connectivity index (χ0) is 20.9. The summed E-state index contributed by atoms with van der Waals surface area (Å²) in [5, 5.41) is 10.1. The molecule has 0 aromatic carbocycles. The molecule has 0 N–H and O–H groups in total. The van der Waals surface area contributed by atoms with Gasteiger partial charge in [0.05, 0.1) is 0 Å². The minimum Gasteiger partial charge on any atom is -0.850 e. The van der Waals surface area contributed by atoms with Crippen LogP contribution in [0.3, 0.4) is 0 Å². The van der Waals surface area contributed by atoms with Gasteiger partial charge in [-0.2, -0.15) is 0 Å². The molecule has 0 bridgehead atoms. The van der Waals surface area contributed by atoms with Crippen molar-refractivity contribution in [1.82, 2.24) is 0 Å². The topological polar surface area (TPSA) is 40.1 Å². The van der Waals surface area contributed by atoms with Crippen molar-refractivity contribution in [3.8, 4) is 0 Å². The van der Waals surface area contributed by atoms with E-state index < -0.39 is 5.60 Å². The molecule has 0 amide bonds. The first-order valence-electron chi connectivity index (χ1n) is 6.59. The van der Waals surface area contributed by atoms with Gasteiger partial charge in [-0.05, 0) is 20.8 Å². The van der Waals surface area contributed by atoms with Crippen LogP contribution in [0.2, 0.25) is 0 Å². The Morgan fingerprint density at radius 3 is 1.00 bits per heavy atom. The van der Waals surface area contributed by atoms with Crippen LogP contribution in [-0.4, -0.2) is 11.9 Å². The number of hydrogen-bond donors (Lipinski definition) is 0. The van der Waals surface area contributed by atoms with Crippen LogP contribution in [0.4, 0.5) is 0 Å². The van der Waals surface area contributed by atoms with Crippen molar-refractivity contribution < 1.29 is 61.3 Å². The Morgan fingerprint density at radius 2 is 1.00 bits per heavy atom. The first-order chi connectivity index (χ1) is 11.1. The molecule has 12 heteroatoms. The maximum absolute atomic E-state index is 10.1. The Bertz CT molecular complexity index is 403. The Balaban J connectivity index is -0.0000000312. The monoisotopic (exact) mass is 544 g/mol. The fraction of sp³-hybridized carbons (Fsp3) is 0.769. The SMILES string of the molecule is CC(C)(C)[O-].CC=CC.CC=O.CCC.S=S=S=S.S=S=S=S=S.[K+]. The molecule has 0 rings (SSSR count). The molecule has 0 heterocycles. The number of allylic oxidation sites excluding steroid dienone is 2. The van der Waals surface area contributed by atoms with Crippen molar-refractivity contribution in [3.05, 3.63) is 12.2 Å². The average Bonchev–Trinajstić information content (AvgIpc) is 2.48. The van der Waals surface area contributed by atoms with Gasteiger partial charge in [-0.1, -0.05) is 53.2 Å². The molecular weight excluding hydrogens is 516 g/mol. The predicted molar refractivity (Wildman–Crippen MR) is 134 cm³/mol. The van der Waals surface area contributed by atoms with Gasteiger partial charge < -0.3 is 9.90 Å². The van der Waals surface area contributed by atoms with Crippen molar-refractivity contribution in [2.45, 2.75) is 67.4 Å². The molecule has 2 nitrogen and oxygen atoms in total. The first kappa shape index (κ1) is 46.3. The second-order valence-corrected chi connectivity index (χ2v) is 12.9. The van der Waals surface area contributed by atoms with Crippen LogP contribution >= 0.6 is 0 Å². The van der Waals surface area contributed by atoms with E-state index in [1.54, 1.807) is 20.8 Å². The Hall–Kier alpha value is 2.99. The normalized spacial score (nSPS) is 7.08. The van der Waals surface area contributed by atoms with Gasteiger partial charge in [-0.15, -0.1) is 5.60 Å². The summed E-state index contributed by atoms with van der Waals surface area (Å²) in [6.45, 7) is 14.6. The van der Waals surface area contributed by atoms with Crippen LogP contribution in [0.1, 0.15) is 61.8 Å². The minimum atomic E-state index is -0.750. The third-order valence-corrected chi connectivity index (χ3v) is 7.08. The molecule has 25 heavy (non-hydrogen) atoms. The van der Waals surface area contributed by atoms with Gasteiger partial charge in [0.15, 0.2) is 0 Å². The Kier molecular flexibility index (Phi) is 104. The van der Waals surface area contributed by atoms with Crippen LogP contribution in [0.5, 0.6) is 0 Å². The van der Waals surface area contributed by atoms with E-state index in [0.717, 1.165) is 6.29 Å². The van der Waals surface area contributed by atoms with Crippen LogP contribution in [0.25, 0.3) is 0 Å². The third kappa shape index (κ3) is 345. The summed E-state index contributed by atoms with van der Waals surface area (Å²) in [5.74, 6) is 0. The molecule has 0 saturated heterocycles. The molecule has 0 aliphatic carbocycles. The molecule has 0 aromatic heterocycles. The van der Waals surface area contributed by atoms with Crippen molar-refractivity contribution in [2.24, 2.45) is 0 Å². The summed E-state index contributed by atoms with van der Waals surface area (Å²) in [7, 11) is 6.29. The van der Waals surface area contributed by atoms with E-state index >= 15 is 0 Å². The first-order valence-corrected chi connectivity index (χ1v) is 15.9. The van der Waals surface area contributed by atoms with Crippen LogP contribution in [0, 0.1) is 0 Å². The average molecular weight is 545 g/mol. The molecule has 0 aromatic rings. The standard InChI is InChI=1S/C4H9O.C4H8.C3H8.C2H4O.K.S5.S4/c1-4(2,3)5;1-3-4-2;1-3-2;1-2-3;;1-3-5-4-2;1-3-4-2/h1-3H3;3-4H,1-2H3;3H2,1-2H3;2H,1H3;;;/q-1;;;;+1;;. The summed E-state index contributed by atoms with van der Waals surface area (Å²) in [6.07, 6.45) is 6.00. The van der Waals surface area contributed by atoms with Gasteiger partial charge >= 0.3 is 51.4 Å². The van der Waals surface area contributed by atoms with Gasteiger partial charge in [-0.3, -0.25) is 0 Å². The van der Waals surface area contributed by atoms with Crippen LogP contribution < -0.4 is 56.5 Å². The second kappa shape index (κ2) is 56.3. The van der Waals surface area contributed by atoms with Crippen molar-refractivity contribution in [3.63, 3.8) is 0 Å². The van der Waals surface area contributed by atoms with E-state index in [-0.39, 0.29) is 51.4 Å². The third-order valence-electron chi connectivity index (χ3n) is 0.417. The molecule has 0 aliphatic rings. The van der Waals surface area contributed by atoms with E-state index in [1.807, 2.05) is 26.0 Å². The van der Waals surface area contributed by atoms with E-state index in [0.29, 0.717) is 0 Å². The summed E-state index contributed by atoms with van der Waals surface area (Å²) in [5.41, 5.74) is -0.750. The Morgan fingerprint density at radius 1 is 0.840 bits per heavy atom. The van der Waals surface area contributed by atoms with E-state index in [4.69, 9.17) is 4.79 Å². The van der Waals surface area contributed by atoms with Crippen molar-refractivity contribution >= 4 is 95.4 Å². The van der Waals surface area contributed by atoms with E-state index in [1.165, 1.54) is 57.7 Å². The maximum atomic E-state index is 10.1. The van der Waals surface area contributed by atoms with Gasteiger partial charge in [0.2, 0.25) is 0 Å². The summed E-state index contributed by atoms with van der Waals surface area (Å²) >= 11 is 17.5. The largest absolute Gasteiger partial charge is 1.00 e.